The Hall–Kier alpha value is -2.46. The topological polar surface area (TPSA) is 26.3 Å². The van der Waals surface area contributed by atoms with Crippen molar-refractivity contribution in [1.82, 2.24) is 0 Å². The van der Waals surface area contributed by atoms with Gasteiger partial charge in [-0.3, -0.25) is 0 Å². The molecule has 0 atom stereocenters. The van der Waals surface area contributed by atoms with Gasteiger partial charge in [0.25, 0.3) is 0 Å². The second-order valence-electron chi connectivity index (χ2n) is 4.94. The number of carbonyl (C=O) groups is 1. The van der Waals surface area contributed by atoms with E-state index in [1.54, 1.807) is 18.2 Å². The molecule has 0 bridgehead atoms. The number of hydrogen-bond acceptors (Lipinski definition) is 2. The van der Waals surface area contributed by atoms with E-state index in [9.17, 15) is 13.6 Å². The lowest BCUT2D eigenvalue weighted by Gasteiger charge is -2.12. The molecule has 1 aliphatic carbocycles. The first-order chi connectivity index (χ1) is 10.9. The van der Waals surface area contributed by atoms with Crippen LogP contribution in [-0.4, -0.2) is 11.4 Å². The first kappa shape index (κ1) is 15.4. The molecule has 23 heavy (non-hydrogen) atoms. The summed E-state index contributed by atoms with van der Waals surface area (Å²) in [4.78, 5) is 11.3. The standard InChI is InChI=1S/C18H11ClF2O2/c19-18(20,21)17(22)23-14-7-3-1-6-13-10-9-12-5-2-4-8-15(12)16(13)11-14/h1-11H. The van der Waals surface area contributed by atoms with Crippen LogP contribution in [0.5, 0.6) is 0 Å². The number of fused-ring (bicyclic) bond motifs is 3. The number of allylic oxidation sites excluding steroid dienone is 3. The molecule has 1 aliphatic rings. The summed E-state index contributed by atoms with van der Waals surface area (Å²) in [5, 5.41) is -2.14. The van der Waals surface area contributed by atoms with Gasteiger partial charge in [0.05, 0.1) is 0 Å². The highest BCUT2D eigenvalue weighted by molar-refractivity contribution is 6.31. The summed E-state index contributed by atoms with van der Waals surface area (Å²) in [6.07, 6.45) is 8.22. The van der Waals surface area contributed by atoms with Crippen LogP contribution in [0.1, 0.15) is 11.1 Å². The van der Waals surface area contributed by atoms with E-state index in [2.05, 4.69) is 0 Å². The molecule has 3 rings (SSSR count). The van der Waals surface area contributed by atoms with Gasteiger partial charge in [-0.2, -0.15) is 8.78 Å². The lowest BCUT2D eigenvalue weighted by molar-refractivity contribution is -0.155. The molecule has 0 saturated heterocycles. The fourth-order valence-corrected chi connectivity index (χ4v) is 2.39. The monoisotopic (exact) mass is 332 g/mol. The zero-order valence-corrected chi connectivity index (χ0v) is 12.6. The van der Waals surface area contributed by atoms with Crippen LogP contribution in [0.25, 0.3) is 22.9 Å². The Morgan fingerprint density at radius 3 is 2.57 bits per heavy atom. The fourth-order valence-electron chi connectivity index (χ4n) is 2.35. The predicted octanol–water partition coefficient (Wildman–Crippen LogP) is 5.14. The average Bonchev–Trinajstić information content (AvgIpc) is 2.49. The summed E-state index contributed by atoms with van der Waals surface area (Å²) in [6.45, 7) is 0. The molecule has 0 spiro atoms. The van der Waals surface area contributed by atoms with Crippen molar-refractivity contribution in [3.63, 3.8) is 0 Å². The first-order valence-corrected chi connectivity index (χ1v) is 7.20. The molecule has 0 amide bonds. The highest BCUT2D eigenvalue weighted by Gasteiger charge is 2.38. The molecule has 0 saturated carbocycles. The predicted molar refractivity (Wildman–Crippen MR) is 87.0 cm³/mol. The van der Waals surface area contributed by atoms with Crippen LogP contribution in [-0.2, 0) is 9.53 Å². The number of hydrogen-bond donors (Lipinski definition) is 0. The summed E-state index contributed by atoms with van der Waals surface area (Å²) < 4.78 is 30.4. The number of benzene rings is 2. The molecule has 0 unspecified atom stereocenters. The molecule has 2 aromatic rings. The third-order valence-electron chi connectivity index (χ3n) is 3.38. The van der Waals surface area contributed by atoms with Gasteiger partial charge in [-0.25, -0.2) is 4.79 Å². The van der Waals surface area contributed by atoms with Crippen molar-refractivity contribution in [2.24, 2.45) is 0 Å². The number of rotatable bonds is 2. The lowest BCUT2D eigenvalue weighted by Crippen LogP contribution is -2.23. The fraction of sp³-hybridized carbons (Fsp3) is 0.0556. The Balaban J connectivity index is 2.11. The van der Waals surface area contributed by atoms with Gasteiger partial charge in [0.1, 0.15) is 5.76 Å². The summed E-state index contributed by atoms with van der Waals surface area (Å²) in [6, 6.07) is 11.5. The second-order valence-corrected chi connectivity index (χ2v) is 5.42. The minimum Gasteiger partial charge on any atom is -0.421 e. The maximum absolute atomic E-state index is 12.8. The van der Waals surface area contributed by atoms with Crippen molar-refractivity contribution < 1.29 is 18.3 Å². The van der Waals surface area contributed by atoms with Crippen molar-refractivity contribution in [2.75, 3.05) is 0 Å². The molecule has 0 fully saturated rings. The number of ether oxygens (including phenoxy) is 1. The molecule has 0 heterocycles. The second kappa shape index (κ2) is 5.97. The molecule has 5 heteroatoms. The Morgan fingerprint density at radius 2 is 1.78 bits per heavy atom. The molecule has 0 aliphatic heterocycles. The van der Waals surface area contributed by atoms with Crippen molar-refractivity contribution in [2.45, 2.75) is 5.38 Å². The maximum atomic E-state index is 12.8. The number of alkyl halides is 3. The smallest absolute Gasteiger partial charge is 0.418 e. The van der Waals surface area contributed by atoms with Crippen LogP contribution >= 0.6 is 11.6 Å². The third kappa shape index (κ3) is 3.32. The SMILES string of the molecule is O=C(OC1=Cc2c(ccc3ccccc23)C=CC=C1)C(F)(F)Cl. The summed E-state index contributed by atoms with van der Waals surface area (Å²) in [5.41, 5.74) is 1.67. The molecule has 0 radical (unpaired) electrons. The number of carbonyl (C=O) groups excluding carboxylic acids is 1. The van der Waals surface area contributed by atoms with Gasteiger partial charge in [0.2, 0.25) is 0 Å². The Morgan fingerprint density at radius 1 is 1.04 bits per heavy atom. The van der Waals surface area contributed by atoms with E-state index in [-0.39, 0.29) is 5.76 Å². The van der Waals surface area contributed by atoms with E-state index < -0.39 is 11.4 Å². The van der Waals surface area contributed by atoms with E-state index in [1.165, 1.54) is 6.08 Å². The summed E-state index contributed by atoms with van der Waals surface area (Å²) >= 11 is 4.70. The van der Waals surface area contributed by atoms with Crippen molar-refractivity contribution in [3.05, 3.63) is 71.5 Å². The minimum atomic E-state index is -4.06. The first-order valence-electron chi connectivity index (χ1n) is 6.82. The van der Waals surface area contributed by atoms with Crippen molar-refractivity contribution in [1.29, 1.82) is 0 Å². The molecule has 2 aromatic carbocycles. The van der Waals surface area contributed by atoms with Gasteiger partial charge in [-0.05, 0) is 45.7 Å². The van der Waals surface area contributed by atoms with Gasteiger partial charge in [0.15, 0.2) is 0 Å². The van der Waals surface area contributed by atoms with Gasteiger partial charge < -0.3 is 4.74 Å². The van der Waals surface area contributed by atoms with E-state index in [0.29, 0.717) is 0 Å². The van der Waals surface area contributed by atoms with Gasteiger partial charge in [-0.15, -0.1) is 0 Å². The molecule has 0 N–H and O–H groups in total. The quantitative estimate of drug-likeness (QED) is 0.562. The zero-order chi connectivity index (χ0) is 16.4. The molecule has 116 valence electrons. The Kier molecular flexibility index (Phi) is 4.01. The van der Waals surface area contributed by atoms with Crippen LogP contribution in [0.2, 0.25) is 0 Å². The van der Waals surface area contributed by atoms with Crippen LogP contribution in [0, 0.1) is 0 Å². The molecular weight excluding hydrogens is 322 g/mol. The van der Waals surface area contributed by atoms with E-state index in [0.717, 1.165) is 21.9 Å². The summed E-state index contributed by atoms with van der Waals surface area (Å²) in [5.74, 6) is -1.81. The van der Waals surface area contributed by atoms with Crippen LogP contribution in [0.3, 0.4) is 0 Å². The van der Waals surface area contributed by atoms with E-state index in [1.807, 2.05) is 42.5 Å². The summed E-state index contributed by atoms with van der Waals surface area (Å²) in [7, 11) is 0. The van der Waals surface area contributed by atoms with Crippen molar-refractivity contribution >= 4 is 40.5 Å². The van der Waals surface area contributed by atoms with E-state index >= 15 is 0 Å². The van der Waals surface area contributed by atoms with Crippen LogP contribution in [0.15, 0.2) is 60.4 Å². The zero-order valence-electron chi connectivity index (χ0n) is 11.8. The highest BCUT2D eigenvalue weighted by atomic mass is 35.5. The van der Waals surface area contributed by atoms with Crippen molar-refractivity contribution in [3.8, 4) is 0 Å². The van der Waals surface area contributed by atoms with Crippen LogP contribution in [0.4, 0.5) is 8.78 Å². The maximum Gasteiger partial charge on any atom is 0.418 e. The largest absolute Gasteiger partial charge is 0.421 e. The Bertz CT molecular complexity index is 861. The third-order valence-corrected chi connectivity index (χ3v) is 3.53. The number of halogens is 3. The molecule has 0 aromatic heterocycles. The highest BCUT2D eigenvalue weighted by Crippen LogP contribution is 2.29. The van der Waals surface area contributed by atoms with Gasteiger partial charge in [0, 0.05) is 0 Å². The molecular formula is C18H11ClF2O2. The van der Waals surface area contributed by atoms with Gasteiger partial charge in [-0.1, -0.05) is 54.6 Å². The van der Waals surface area contributed by atoms with Gasteiger partial charge >= 0.3 is 11.4 Å². The number of esters is 1. The Labute approximate surface area is 136 Å². The average molecular weight is 333 g/mol. The molecule has 2 nitrogen and oxygen atoms in total. The van der Waals surface area contributed by atoms with Crippen LogP contribution < -0.4 is 0 Å². The lowest BCUT2D eigenvalue weighted by atomic mass is 9.97. The normalized spacial score (nSPS) is 14.0. The van der Waals surface area contributed by atoms with E-state index in [4.69, 9.17) is 16.3 Å². The minimum absolute atomic E-state index is 0.00252.